The van der Waals surface area contributed by atoms with Gasteiger partial charge in [-0.05, 0) is 13.8 Å². The molecule has 0 unspecified atom stereocenters. The van der Waals surface area contributed by atoms with E-state index in [1.165, 1.54) is 0 Å². The number of amides is 1. The maximum atomic E-state index is 10.4. The Morgan fingerprint density at radius 1 is 1.50 bits per heavy atom. The Balaban J connectivity index is 3.36. The van der Waals surface area contributed by atoms with Gasteiger partial charge < -0.3 is 9.47 Å². The molecule has 0 aromatic rings. The average Bonchev–Trinajstić information content (AvgIpc) is 1.89. The Morgan fingerprint density at radius 2 is 2.20 bits per heavy atom. The van der Waals surface area contributed by atoms with Crippen LogP contribution in [0.2, 0.25) is 0 Å². The van der Waals surface area contributed by atoms with E-state index in [-0.39, 0.29) is 0 Å². The van der Waals surface area contributed by atoms with Crippen molar-refractivity contribution in [1.82, 2.24) is 0 Å². The monoisotopic (exact) mass is 145 g/mol. The van der Waals surface area contributed by atoms with E-state index in [2.05, 4.69) is 14.5 Å². The Labute approximate surface area is 59.8 Å². The Morgan fingerprint density at radius 3 is 2.70 bits per heavy atom. The average molecular weight is 145 g/mol. The molecule has 0 heterocycles. The fourth-order valence-electron chi connectivity index (χ4n) is 0.316. The van der Waals surface area contributed by atoms with Crippen molar-refractivity contribution in [2.24, 2.45) is 4.99 Å². The first-order chi connectivity index (χ1) is 4.81. The van der Waals surface area contributed by atoms with E-state index in [0.717, 1.165) is 6.40 Å². The Bertz CT molecular complexity index is 122. The molecule has 1 amide bonds. The molecule has 0 aliphatic rings. The van der Waals surface area contributed by atoms with Crippen LogP contribution in [0.3, 0.4) is 0 Å². The van der Waals surface area contributed by atoms with Crippen LogP contribution >= 0.6 is 0 Å². The lowest BCUT2D eigenvalue weighted by molar-refractivity contribution is 0.163. The quantitative estimate of drug-likeness (QED) is 0.443. The molecule has 0 aromatic heterocycles. The molecule has 58 valence electrons. The van der Waals surface area contributed by atoms with Gasteiger partial charge in [-0.3, -0.25) is 0 Å². The normalized spacial score (nSPS) is 9.80. The number of hydrogen-bond donors (Lipinski definition) is 0. The molecule has 4 nitrogen and oxygen atoms in total. The number of rotatable bonds is 3. The topological polar surface area (TPSA) is 47.9 Å². The molecular weight excluding hydrogens is 134 g/mol. The zero-order chi connectivity index (χ0) is 7.82. The van der Waals surface area contributed by atoms with Gasteiger partial charge in [0, 0.05) is 0 Å². The van der Waals surface area contributed by atoms with Crippen LogP contribution in [0.15, 0.2) is 4.99 Å². The highest BCUT2D eigenvalue weighted by atomic mass is 16.5. The van der Waals surface area contributed by atoms with Crippen molar-refractivity contribution < 1.29 is 14.3 Å². The lowest BCUT2D eigenvalue weighted by Crippen LogP contribution is -1.98. The van der Waals surface area contributed by atoms with Gasteiger partial charge in [0.15, 0.2) is 6.40 Å². The number of ether oxygens (including phenoxy) is 2. The molecular formula is C6H11NO3. The first-order valence-electron chi connectivity index (χ1n) is 3.12. The second-order valence-electron chi connectivity index (χ2n) is 1.39. The highest BCUT2D eigenvalue weighted by Gasteiger charge is 1.92. The predicted octanol–water partition coefficient (Wildman–Crippen LogP) is 1.21. The van der Waals surface area contributed by atoms with Crippen LogP contribution in [0.25, 0.3) is 0 Å². The second-order valence-corrected chi connectivity index (χ2v) is 1.39. The van der Waals surface area contributed by atoms with Gasteiger partial charge in [0.25, 0.3) is 0 Å². The van der Waals surface area contributed by atoms with Gasteiger partial charge in [0.1, 0.15) is 0 Å². The third-order valence-corrected chi connectivity index (χ3v) is 0.667. The van der Waals surface area contributed by atoms with E-state index in [9.17, 15) is 4.79 Å². The second kappa shape index (κ2) is 6.07. The summed E-state index contributed by atoms with van der Waals surface area (Å²) in [6, 6.07) is 0. The van der Waals surface area contributed by atoms with E-state index in [4.69, 9.17) is 0 Å². The summed E-state index contributed by atoms with van der Waals surface area (Å²) in [5.41, 5.74) is 0. The summed E-state index contributed by atoms with van der Waals surface area (Å²) < 4.78 is 9.13. The lowest BCUT2D eigenvalue weighted by atomic mass is 10.9. The summed E-state index contributed by atoms with van der Waals surface area (Å²) in [4.78, 5) is 13.7. The summed E-state index contributed by atoms with van der Waals surface area (Å²) >= 11 is 0. The SMILES string of the molecule is CCO/C=N/C(=O)OCC. The minimum absolute atomic E-state index is 0.336. The van der Waals surface area contributed by atoms with Crippen molar-refractivity contribution in [2.45, 2.75) is 13.8 Å². The third kappa shape index (κ3) is 5.08. The van der Waals surface area contributed by atoms with E-state index in [1.54, 1.807) is 13.8 Å². The summed E-state index contributed by atoms with van der Waals surface area (Å²) in [6.45, 7) is 4.36. The smallest absolute Gasteiger partial charge is 0.436 e. The van der Waals surface area contributed by atoms with Gasteiger partial charge in [-0.25, -0.2) is 4.79 Å². The predicted molar refractivity (Wildman–Crippen MR) is 37.1 cm³/mol. The van der Waals surface area contributed by atoms with Crippen molar-refractivity contribution in [3.8, 4) is 0 Å². The van der Waals surface area contributed by atoms with Crippen LogP contribution in [-0.2, 0) is 9.47 Å². The fraction of sp³-hybridized carbons (Fsp3) is 0.667. The number of carbonyl (C=O) groups is 1. The highest BCUT2D eigenvalue weighted by molar-refractivity contribution is 5.76. The van der Waals surface area contributed by atoms with Gasteiger partial charge in [-0.2, -0.15) is 0 Å². The van der Waals surface area contributed by atoms with E-state index < -0.39 is 6.09 Å². The lowest BCUT2D eigenvalue weighted by Gasteiger charge is -1.93. The standard InChI is InChI=1S/C6H11NO3/c1-3-9-5-7-6(8)10-4-2/h5H,3-4H2,1-2H3/b7-5+. The van der Waals surface area contributed by atoms with Gasteiger partial charge in [-0.15, -0.1) is 4.99 Å². The fourth-order valence-corrected chi connectivity index (χ4v) is 0.316. The molecule has 0 saturated heterocycles. The summed E-state index contributed by atoms with van der Waals surface area (Å²) in [7, 11) is 0. The van der Waals surface area contributed by atoms with Crippen LogP contribution < -0.4 is 0 Å². The molecule has 0 saturated carbocycles. The molecule has 0 aliphatic carbocycles. The van der Waals surface area contributed by atoms with Crippen molar-refractivity contribution in [1.29, 1.82) is 0 Å². The Kier molecular flexibility index (Phi) is 5.42. The van der Waals surface area contributed by atoms with Crippen molar-refractivity contribution >= 4 is 12.5 Å². The first-order valence-corrected chi connectivity index (χ1v) is 3.12. The van der Waals surface area contributed by atoms with Gasteiger partial charge in [0.05, 0.1) is 13.2 Å². The van der Waals surface area contributed by atoms with E-state index >= 15 is 0 Å². The molecule has 0 spiro atoms. The number of hydrogen-bond acceptors (Lipinski definition) is 3. The minimum atomic E-state index is -0.615. The van der Waals surface area contributed by atoms with Gasteiger partial charge >= 0.3 is 6.09 Å². The van der Waals surface area contributed by atoms with Crippen LogP contribution in [0.1, 0.15) is 13.8 Å². The maximum Gasteiger partial charge on any atom is 0.436 e. The van der Waals surface area contributed by atoms with Crippen LogP contribution in [-0.4, -0.2) is 25.7 Å². The third-order valence-electron chi connectivity index (χ3n) is 0.667. The molecule has 0 fully saturated rings. The van der Waals surface area contributed by atoms with Gasteiger partial charge in [-0.1, -0.05) is 0 Å². The van der Waals surface area contributed by atoms with Crippen molar-refractivity contribution in [3.05, 3.63) is 0 Å². The van der Waals surface area contributed by atoms with E-state index in [0.29, 0.717) is 13.2 Å². The molecule has 0 N–H and O–H groups in total. The van der Waals surface area contributed by atoms with Crippen molar-refractivity contribution in [2.75, 3.05) is 13.2 Å². The molecule has 10 heavy (non-hydrogen) atoms. The van der Waals surface area contributed by atoms with Gasteiger partial charge in [0.2, 0.25) is 0 Å². The summed E-state index contributed by atoms with van der Waals surface area (Å²) in [6.07, 6.45) is 0.466. The molecule has 0 aromatic carbocycles. The van der Waals surface area contributed by atoms with Crippen LogP contribution in [0.4, 0.5) is 4.79 Å². The molecule has 0 atom stereocenters. The molecule has 0 rings (SSSR count). The first kappa shape index (κ1) is 8.94. The number of aliphatic imine (C=N–C) groups is 1. The summed E-state index contributed by atoms with van der Waals surface area (Å²) in [5.74, 6) is 0. The zero-order valence-electron chi connectivity index (χ0n) is 6.16. The highest BCUT2D eigenvalue weighted by Crippen LogP contribution is 1.81. The molecule has 0 aliphatic heterocycles. The van der Waals surface area contributed by atoms with E-state index in [1.807, 2.05) is 0 Å². The summed E-state index contributed by atoms with van der Waals surface area (Å²) in [5, 5.41) is 0. The molecule has 0 radical (unpaired) electrons. The maximum absolute atomic E-state index is 10.4. The largest absolute Gasteiger partial charge is 0.483 e. The van der Waals surface area contributed by atoms with Crippen LogP contribution in [0, 0.1) is 0 Å². The van der Waals surface area contributed by atoms with Crippen molar-refractivity contribution in [3.63, 3.8) is 0 Å². The minimum Gasteiger partial charge on any atom is -0.483 e. The molecule has 4 heteroatoms. The number of carbonyl (C=O) groups excluding carboxylic acids is 1. The number of nitrogens with zero attached hydrogens (tertiary/aromatic N) is 1. The van der Waals surface area contributed by atoms with Crippen LogP contribution in [0.5, 0.6) is 0 Å². The molecule has 0 bridgehead atoms. The Hall–Kier alpha value is -1.06. The zero-order valence-corrected chi connectivity index (χ0v) is 6.16.